The molecule has 0 radical (unpaired) electrons. The van der Waals surface area contributed by atoms with Crippen LogP contribution in [-0.4, -0.2) is 29.1 Å². The number of rotatable bonds is 6. The van der Waals surface area contributed by atoms with Crippen molar-refractivity contribution in [1.29, 1.82) is 0 Å². The molecule has 0 fully saturated rings. The molecule has 0 aliphatic rings. The van der Waals surface area contributed by atoms with Gasteiger partial charge in [-0.3, -0.25) is 4.79 Å². The van der Waals surface area contributed by atoms with E-state index < -0.39 is 11.7 Å². The van der Waals surface area contributed by atoms with Gasteiger partial charge in [0.15, 0.2) is 0 Å². The number of hydrogen-bond donors (Lipinski definition) is 1. The smallest absolute Gasteiger partial charge is 0.395 e. The van der Waals surface area contributed by atoms with Crippen molar-refractivity contribution in [3.05, 3.63) is 71.3 Å². The number of carbonyl (C=O) groups excluding carboxylic acids is 1. The molecule has 0 heterocycles. The van der Waals surface area contributed by atoms with Crippen LogP contribution < -0.4 is 0 Å². The van der Waals surface area contributed by atoms with E-state index in [0.717, 1.165) is 17.7 Å². The molecule has 0 aliphatic carbocycles. The highest BCUT2D eigenvalue weighted by Gasteiger charge is 2.30. The van der Waals surface area contributed by atoms with Crippen LogP contribution >= 0.6 is 0 Å². The minimum atomic E-state index is -4.44. The Hall–Kier alpha value is -2.34. The third kappa shape index (κ3) is 5.09. The van der Waals surface area contributed by atoms with E-state index in [-0.39, 0.29) is 25.5 Å². The second kappa shape index (κ2) is 7.97. The third-order valence-electron chi connectivity index (χ3n) is 3.55. The van der Waals surface area contributed by atoms with E-state index in [2.05, 4.69) is 0 Å². The van der Waals surface area contributed by atoms with Crippen LogP contribution in [0.25, 0.3) is 0 Å². The van der Waals surface area contributed by atoms with Gasteiger partial charge in [-0.2, -0.15) is 13.2 Å². The molecule has 0 aliphatic heterocycles. The maximum atomic E-state index is 12.7. The van der Waals surface area contributed by atoms with Crippen molar-refractivity contribution in [3.63, 3.8) is 0 Å². The summed E-state index contributed by atoms with van der Waals surface area (Å²) in [7, 11) is 0. The van der Waals surface area contributed by atoms with E-state index in [9.17, 15) is 18.0 Å². The summed E-state index contributed by atoms with van der Waals surface area (Å²) in [5.74, 6) is -0.327. The van der Waals surface area contributed by atoms with Gasteiger partial charge < -0.3 is 10.0 Å². The zero-order valence-corrected chi connectivity index (χ0v) is 13.0. The molecule has 0 saturated carbocycles. The zero-order valence-electron chi connectivity index (χ0n) is 13.0. The van der Waals surface area contributed by atoms with Crippen molar-refractivity contribution in [1.82, 2.24) is 4.90 Å². The molecule has 0 aromatic heterocycles. The Morgan fingerprint density at radius 3 is 2.29 bits per heavy atom. The van der Waals surface area contributed by atoms with Crippen molar-refractivity contribution < 1.29 is 23.1 Å². The molecule has 0 atom stereocenters. The van der Waals surface area contributed by atoms with Crippen molar-refractivity contribution >= 4 is 5.91 Å². The molecule has 24 heavy (non-hydrogen) atoms. The number of amides is 1. The second-order valence-corrected chi connectivity index (χ2v) is 5.40. The quantitative estimate of drug-likeness (QED) is 0.879. The molecule has 0 bridgehead atoms. The van der Waals surface area contributed by atoms with Gasteiger partial charge in [0.1, 0.15) is 0 Å². The molecule has 3 nitrogen and oxygen atoms in total. The number of carbonyl (C=O) groups is 1. The first-order valence-corrected chi connectivity index (χ1v) is 7.49. The van der Waals surface area contributed by atoms with Gasteiger partial charge in [-0.1, -0.05) is 48.5 Å². The standard InChI is InChI=1S/C18H18F3NO2/c19-18(20,21)16-8-4-7-15(11-16)12-17(24)22(9-10-23)13-14-5-2-1-3-6-14/h1-8,11,23H,9-10,12-13H2. The van der Waals surface area contributed by atoms with Crippen molar-refractivity contribution in [2.45, 2.75) is 19.1 Å². The average molecular weight is 337 g/mol. The van der Waals surface area contributed by atoms with Crippen LogP contribution in [0.15, 0.2) is 54.6 Å². The number of halogens is 3. The molecule has 6 heteroatoms. The summed E-state index contributed by atoms with van der Waals surface area (Å²) in [6.07, 6.45) is -4.58. The first-order chi connectivity index (χ1) is 11.4. The molecule has 0 spiro atoms. The summed E-state index contributed by atoms with van der Waals surface area (Å²) in [5, 5.41) is 9.14. The number of benzene rings is 2. The number of alkyl halides is 3. The lowest BCUT2D eigenvalue weighted by molar-refractivity contribution is -0.138. The third-order valence-corrected chi connectivity index (χ3v) is 3.55. The lowest BCUT2D eigenvalue weighted by atomic mass is 10.1. The first kappa shape index (κ1) is 18.0. The number of aliphatic hydroxyl groups excluding tert-OH is 1. The fraction of sp³-hybridized carbons (Fsp3) is 0.278. The van der Waals surface area contributed by atoms with E-state index in [1.165, 1.54) is 17.0 Å². The Balaban J connectivity index is 2.10. The highest BCUT2D eigenvalue weighted by Crippen LogP contribution is 2.29. The highest BCUT2D eigenvalue weighted by molar-refractivity contribution is 5.78. The van der Waals surface area contributed by atoms with Crippen LogP contribution in [-0.2, 0) is 23.9 Å². The largest absolute Gasteiger partial charge is 0.416 e. The van der Waals surface area contributed by atoms with Crippen LogP contribution in [0.4, 0.5) is 13.2 Å². The summed E-state index contributed by atoms with van der Waals surface area (Å²) in [4.78, 5) is 13.8. The average Bonchev–Trinajstić information content (AvgIpc) is 2.55. The Kier molecular flexibility index (Phi) is 5.98. The van der Waals surface area contributed by atoms with E-state index in [1.807, 2.05) is 30.3 Å². The monoisotopic (exact) mass is 337 g/mol. The van der Waals surface area contributed by atoms with Crippen LogP contribution in [0.2, 0.25) is 0 Å². The summed E-state index contributed by atoms with van der Waals surface area (Å²) in [6.45, 7) is 0.229. The lowest BCUT2D eigenvalue weighted by Crippen LogP contribution is -2.34. The van der Waals surface area contributed by atoms with Crippen molar-refractivity contribution in [3.8, 4) is 0 Å². The molecule has 2 rings (SSSR count). The Labute approximate surface area is 138 Å². The van der Waals surface area contributed by atoms with Gasteiger partial charge in [-0.05, 0) is 17.2 Å². The predicted molar refractivity (Wildman–Crippen MR) is 84.1 cm³/mol. The van der Waals surface area contributed by atoms with Gasteiger partial charge in [-0.15, -0.1) is 0 Å². The fourth-order valence-electron chi connectivity index (χ4n) is 2.36. The molecule has 1 N–H and O–H groups in total. The molecular formula is C18H18F3NO2. The first-order valence-electron chi connectivity index (χ1n) is 7.49. The molecule has 1 amide bonds. The number of aliphatic hydroxyl groups is 1. The van der Waals surface area contributed by atoms with E-state index in [4.69, 9.17) is 5.11 Å². The predicted octanol–water partition coefficient (Wildman–Crippen LogP) is 3.27. The minimum absolute atomic E-state index is 0.132. The maximum absolute atomic E-state index is 12.7. The fourth-order valence-corrected chi connectivity index (χ4v) is 2.36. The van der Waals surface area contributed by atoms with Crippen molar-refractivity contribution in [2.75, 3.05) is 13.2 Å². The SMILES string of the molecule is O=C(Cc1cccc(C(F)(F)F)c1)N(CCO)Cc1ccccc1. The second-order valence-electron chi connectivity index (χ2n) is 5.40. The molecule has 0 saturated heterocycles. The summed E-state index contributed by atoms with van der Waals surface area (Å²) in [6, 6.07) is 14.0. The summed E-state index contributed by atoms with van der Waals surface area (Å²) >= 11 is 0. The number of hydrogen-bond acceptors (Lipinski definition) is 2. The topological polar surface area (TPSA) is 40.5 Å². The van der Waals surface area contributed by atoms with Crippen LogP contribution in [0.3, 0.4) is 0 Å². The Morgan fingerprint density at radius 2 is 1.67 bits per heavy atom. The molecule has 128 valence electrons. The molecular weight excluding hydrogens is 319 g/mol. The van der Waals surface area contributed by atoms with Gasteiger partial charge in [-0.25, -0.2) is 0 Å². The number of nitrogens with zero attached hydrogens (tertiary/aromatic N) is 1. The molecule has 0 unspecified atom stereocenters. The van der Waals surface area contributed by atoms with Gasteiger partial charge in [0.2, 0.25) is 5.91 Å². The Bertz CT molecular complexity index is 671. The van der Waals surface area contributed by atoms with Gasteiger partial charge in [0.25, 0.3) is 0 Å². The van der Waals surface area contributed by atoms with E-state index >= 15 is 0 Å². The van der Waals surface area contributed by atoms with Gasteiger partial charge in [0.05, 0.1) is 18.6 Å². The molecule has 2 aromatic carbocycles. The summed E-state index contributed by atoms with van der Waals surface area (Å²) in [5.41, 5.74) is 0.415. The van der Waals surface area contributed by atoms with E-state index in [0.29, 0.717) is 12.1 Å². The minimum Gasteiger partial charge on any atom is -0.395 e. The van der Waals surface area contributed by atoms with Gasteiger partial charge >= 0.3 is 6.18 Å². The Morgan fingerprint density at radius 1 is 1.00 bits per heavy atom. The highest BCUT2D eigenvalue weighted by atomic mass is 19.4. The van der Waals surface area contributed by atoms with Crippen LogP contribution in [0.1, 0.15) is 16.7 Å². The van der Waals surface area contributed by atoms with E-state index in [1.54, 1.807) is 0 Å². The van der Waals surface area contributed by atoms with Crippen LogP contribution in [0, 0.1) is 0 Å². The van der Waals surface area contributed by atoms with Crippen molar-refractivity contribution in [2.24, 2.45) is 0 Å². The van der Waals surface area contributed by atoms with Gasteiger partial charge in [0, 0.05) is 13.1 Å². The maximum Gasteiger partial charge on any atom is 0.416 e. The van der Waals surface area contributed by atoms with Crippen LogP contribution in [0.5, 0.6) is 0 Å². The zero-order chi connectivity index (χ0) is 17.6. The lowest BCUT2D eigenvalue weighted by Gasteiger charge is -2.22. The normalized spacial score (nSPS) is 11.3. The summed E-state index contributed by atoms with van der Waals surface area (Å²) < 4.78 is 38.2. The molecule has 2 aromatic rings.